The van der Waals surface area contributed by atoms with Crippen LogP contribution in [-0.2, 0) is 19.3 Å². The van der Waals surface area contributed by atoms with E-state index in [0.29, 0.717) is 5.56 Å². The number of carbonyl (C=O) groups excluding carboxylic acids is 2. The van der Waals surface area contributed by atoms with Crippen LogP contribution in [0, 0.1) is 5.82 Å². The molecule has 2 amide bonds. The Labute approximate surface area is 238 Å². The zero-order valence-corrected chi connectivity index (χ0v) is 23.5. The molecule has 1 aliphatic carbocycles. The third-order valence-corrected chi connectivity index (χ3v) is 9.72. The quantitative estimate of drug-likeness (QED) is 0.407. The zero-order valence-electron chi connectivity index (χ0n) is 21.9. The Balaban J connectivity index is 1.63. The lowest BCUT2D eigenvalue weighted by Crippen LogP contribution is -2.53. The fourth-order valence-corrected chi connectivity index (χ4v) is 7.55. The van der Waals surface area contributed by atoms with Crippen LogP contribution in [-0.4, -0.2) is 49.7 Å². The molecule has 0 radical (unpaired) electrons. The van der Waals surface area contributed by atoms with Crippen LogP contribution < -0.4 is 14.5 Å². The highest BCUT2D eigenvalue weighted by molar-refractivity contribution is 8.01. The summed E-state index contributed by atoms with van der Waals surface area (Å²) in [5.74, 6) is 2.55. The SMILES string of the molecule is C=S1(=O)CC[C@@H](C(=O)N(c2cccc(F)c2)[C@@H](C(=O)NC2CCCCC2)c2ccccc2Cl)N1c1ncccn1. The molecule has 1 saturated carbocycles. The summed E-state index contributed by atoms with van der Waals surface area (Å²) in [6, 6.07) is 11.7. The third kappa shape index (κ3) is 5.83. The molecule has 40 heavy (non-hydrogen) atoms. The van der Waals surface area contributed by atoms with Crippen molar-refractivity contribution in [3.63, 3.8) is 0 Å². The van der Waals surface area contributed by atoms with Crippen molar-refractivity contribution in [1.29, 1.82) is 0 Å². The number of amides is 2. The van der Waals surface area contributed by atoms with Gasteiger partial charge in [0.15, 0.2) is 0 Å². The highest BCUT2D eigenvalue weighted by Gasteiger charge is 2.45. The van der Waals surface area contributed by atoms with Gasteiger partial charge in [-0.05, 0) is 55.5 Å². The number of nitrogens with zero attached hydrogens (tertiary/aromatic N) is 4. The summed E-state index contributed by atoms with van der Waals surface area (Å²) < 4.78 is 29.5. The van der Waals surface area contributed by atoms with E-state index in [9.17, 15) is 18.2 Å². The molecular weight excluding hydrogens is 553 g/mol. The molecule has 1 aromatic heterocycles. The maximum Gasteiger partial charge on any atom is 0.251 e. The van der Waals surface area contributed by atoms with Gasteiger partial charge in [-0.15, -0.1) is 0 Å². The number of hydrogen-bond donors (Lipinski definition) is 1. The van der Waals surface area contributed by atoms with Crippen molar-refractivity contribution in [1.82, 2.24) is 15.3 Å². The molecule has 1 aliphatic heterocycles. The van der Waals surface area contributed by atoms with E-state index in [0.717, 1.165) is 32.1 Å². The van der Waals surface area contributed by atoms with Crippen molar-refractivity contribution in [2.45, 2.75) is 56.7 Å². The number of nitrogens with one attached hydrogen (secondary N) is 1. The first-order valence-electron chi connectivity index (χ1n) is 13.3. The summed E-state index contributed by atoms with van der Waals surface area (Å²) in [5.41, 5.74) is 0.566. The van der Waals surface area contributed by atoms with E-state index in [-0.39, 0.29) is 34.9 Å². The van der Waals surface area contributed by atoms with Crippen LogP contribution in [0.4, 0.5) is 16.0 Å². The molecule has 0 spiro atoms. The third-order valence-electron chi connectivity index (χ3n) is 7.37. The standard InChI is InChI=1S/C29H31ClFN5O3S/c1-40(39)18-15-25(36(40)29-32-16-8-17-33-29)28(38)35(22-12-7-9-20(31)19-22)26(23-13-5-6-14-24(23)30)27(37)34-21-10-3-2-4-11-21/h5-9,12-14,16-17,19,21,25-26H,1-4,10-11,15,18H2,(H,34,37)/t25-,26+,40?/m0/s1. The molecule has 2 heterocycles. The van der Waals surface area contributed by atoms with Gasteiger partial charge >= 0.3 is 0 Å². The van der Waals surface area contributed by atoms with Gasteiger partial charge in [0.05, 0.1) is 9.71 Å². The molecule has 210 valence electrons. The average Bonchev–Trinajstić information content (AvgIpc) is 3.27. The van der Waals surface area contributed by atoms with Crippen LogP contribution in [0.1, 0.15) is 50.1 Å². The van der Waals surface area contributed by atoms with Gasteiger partial charge in [-0.1, -0.05) is 55.1 Å². The molecule has 3 atom stereocenters. The van der Waals surface area contributed by atoms with Gasteiger partial charge in [-0.25, -0.2) is 18.6 Å². The topological polar surface area (TPSA) is 95.5 Å². The van der Waals surface area contributed by atoms with Crippen LogP contribution in [0.2, 0.25) is 5.02 Å². The van der Waals surface area contributed by atoms with E-state index in [1.807, 2.05) is 0 Å². The maximum atomic E-state index is 14.6. The van der Waals surface area contributed by atoms with Crippen LogP contribution in [0.5, 0.6) is 0 Å². The van der Waals surface area contributed by atoms with Gasteiger partial charge in [-0.2, -0.15) is 0 Å². The van der Waals surface area contributed by atoms with E-state index in [1.54, 1.807) is 36.4 Å². The number of aromatic nitrogens is 2. The molecular formula is C29H31ClFN5O3S. The molecule has 0 bridgehead atoms. The highest BCUT2D eigenvalue weighted by atomic mass is 35.5. The number of rotatable bonds is 7. The number of benzene rings is 2. The average molecular weight is 584 g/mol. The van der Waals surface area contributed by atoms with Crippen LogP contribution in [0.3, 0.4) is 0 Å². The predicted octanol–water partition coefficient (Wildman–Crippen LogP) is 4.70. The molecule has 8 nitrogen and oxygen atoms in total. The summed E-state index contributed by atoms with van der Waals surface area (Å²) in [6.07, 6.45) is 7.95. The van der Waals surface area contributed by atoms with Crippen molar-refractivity contribution in [3.8, 4) is 0 Å². The van der Waals surface area contributed by atoms with Gasteiger partial charge in [0.1, 0.15) is 17.9 Å². The minimum absolute atomic E-state index is 0.0463. The van der Waals surface area contributed by atoms with Crippen molar-refractivity contribution < 1.29 is 18.2 Å². The molecule has 2 aliphatic rings. The second-order valence-electron chi connectivity index (χ2n) is 10.1. The molecule has 3 aromatic rings. The Bertz CT molecular complexity index is 1480. The predicted molar refractivity (Wildman–Crippen MR) is 156 cm³/mol. The lowest BCUT2D eigenvalue weighted by atomic mass is 9.94. The Morgan fingerprint density at radius 1 is 1.05 bits per heavy atom. The fraction of sp³-hybridized carbons (Fsp3) is 0.345. The summed E-state index contributed by atoms with van der Waals surface area (Å²) in [4.78, 5) is 38.4. The molecule has 5 rings (SSSR count). The smallest absolute Gasteiger partial charge is 0.251 e. The number of hydrogen-bond acceptors (Lipinski definition) is 5. The Hall–Kier alpha value is -3.50. The monoisotopic (exact) mass is 583 g/mol. The molecule has 1 unspecified atom stereocenters. The second-order valence-corrected chi connectivity index (χ2v) is 12.9. The highest BCUT2D eigenvalue weighted by Crippen LogP contribution is 2.36. The summed E-state index contributed by atoms with van der Waals surface area (Å²) in [7, 11) is -2.94. The number of anilines is 2. The van der Waals surface area contributed by atoms with Crippen LogP contribution in [0.25, 0.3) is 0 Å². The van der Waals surface area contributed by atoms with E-state index in [4.69, 9.17) is 11.6 Å². The van der Waals surface area contributed by atoms with Gasteiger partial charge in [0, 0.05) is 40.5 Å². The van der Waals surface area contributed by atoms with E-state index in [1.165, 1.54) is 39.8 Å². The summed E-state index contributed by atoms with van der Waals surface area (Å²) in [6.45, 7) is 0. The minimum atomic E-state index is -2.94. The fourth-order valence-electron chi connectivity index (χ4n) is 5.47. The maximum absolute atomic E-state index is 14.6. The molecule has 2 fully saturated rings. The largest absolute Gasteiger partial charge is 0.351 e. The number of carbonyl (C=O) groups is 2. The first-order chi connectivity index (χ1) is 19.3. The van der Waals surface area contributed by atoms with Gasteiger partial charge in [0.2, 0.25) is 11.9 Å². The Morgan fingerprint density at radius 3 is 2.48 bits per heavy atom. The van der Waals surface area contributed by atoms with Gasteiger partial charge in [0.25, 0.3) is 5.91 Å². The van der Waals surface area contributed by atoms with Crippen molar-refractivity contribution in [3.05, 3.63) is 83.4 Å². The van der Waals surface area contributed by atoms with E-state index in [2.05, 4.69) is 21.2 Å². The van der Waals surface area contributed by atoms with Gasteiger partial charge < -0.3 is 5.32 Å². The lowest BCUT2D eigenvalue weighted by Gasteiger charge is -2.36. The molecule has 11 heteroatoms. The second kappa shape index (κ2) is 11.9. The Morgan fingerprint density at radius 2 is 1.77 bits per heavy atom. The van der Waals surface area contributed by atoms with Crippen LogP contribution in [0.15, 0.2) is 67.0 Å². The van der Waals surface area contributed by atoms with Crippen molar-refractivity contribution >= 4 is 50.6 Å². The van der Waals surface area contributed by atoms with Crippen LogP contribution >= 0.6 is 11.6 Å². The summed E-state index contributed by atoms with van der Waals surface area (Å²) in [5, 5.41) is 3.41. The number of halogens is 2. The molecule has 1 N–H and O–H groups in total. The van der Waals surface area contributed by atoms with Gasteiger partial charge in [-0.3, -0.25) is 18.8 Å². The summed E-state index contributed by atoms with van der Waals surface area (Å²) >= 11 is 6.62. The Kier molecular flexibility index (Phi) is 8.37. The normalized spacial score (nSPS) is 22.1. The first-order valence-corrected chi connectivity index (χ1v) is 15.5. The van der Waals surface area contributed by atoms with E-state index >= 15 is 0 Å². The zero-order chi connectivity index (χ0) is 28.3. The van der Waals surface area contributed by atoms with Crippen molar-refractivity contribution in [2.24, 2.45) is 0 Å². The van der Waals surface area contributed by atoms with Crippen molar-refractivity contribution in [2.75, 3.05) is 15.0 Å². The molecule has 2 aromatic carbocycles. The minimum Gasteiger partial charge on any atom is -0.351 e. The first kappa shape index (κ1) is 28.0. The molecule has 1 saturated heterocycles. The van der Waals surface area contributed by atoms with E-state index < -0.39 is 39.4 Å². The lowest BCUT2D eigenvalue weighted by molar-refractivity contribution is -0.127.